The Labute approximate surface area is 78.1 Å². The summed E-state index contributed by atoms with van der Waals surface area (Å²) in [5.41, 5.74) is 0. The summed E-state index contributed by atoms with van der Waals surface area (Å²) in [6, 6.07) is -6.10. The average molecular weight is 258 g/mol. The predicted octanol–water partition coefficient (Wildman–Crippen LogP) is 1.21. The standard InChI is InChI=1S/C3F6N2O3S/c4-1(5,2(6,7)11-10)3(8,9)15(12,13)14. The van der Waals surface area contributed by atoms with Crippen LogP contribution in [-0.4, -0.2) is 30.2 Å². The summed E-state index contributed by atoms with van der Waals surface area (Å²) in [6.45, 7) is 0. The molecule has 0 atom stereocenters. The summed E-state index contributed by atoms with van der Waals surface area (Å²) >= 11 is 0. The maximum absolute atomic E-state index is 12.1. The van der Waals surface area contributed by atoms with Crippen LogP contribution in [0.3, 0.4) is 0 Å². The van der Waals surface area contributed by atoms with Gasteiger partial charge in [0.15, 0.2) is 10.1 Å². The first-order valence-electron chi connectivity index (χ1n) is 2.76. The highest BCUT2D eigenvalue weighted by Crippen LogP contribution is 2.48. The van der Waals surface area contributed by atoms with Gasteiger partial charge in [0.2, 0.25) is 10.4 Å². The van der Waals surface area contributed by atoms with E-state index in [2.05, 4.69) is 0 Å². The molecule has 88 valence electrons. The lowest BCUT2D eigenvalue weighted by Crippen LogP contribution is -2.56. The summed E-state index contributed by atoms with van der Waals surface area (Å²) < 4.78 is 101. The van der Waals surface area contributed by atoms with Crippen molar-refractivity contribution in [2.75, 3.05) is 0 Å². The zero-order valence-corrected chi connectivity index (χ0v) is 7.11. The highest BCUT2D eigenvalue weighted by atomic mass is 32.2. The van der Waals surface area contributed by atoms with Crippen LogP contribution >= 0.6 is 0 Å². The van der Waals surface area contributed by atoms with E-state index in [1.807, 2.05) is 0 Å². The molecule has 0 radical (unpaired) electrons. The van der Waals surface area contributed by atoms with Crippen LogP contribution in [0.4, 0.5) is 26.3 Å². The fourth-order valence-electron chi connectivity index (χ4n) is 0.395. The van der Waals surface area contributed by atoms with Crippen molar-refractivity contribution < 1.29 is 39.3 Å². The number of nitrogens with zero attached hydrogens (tertiary/aromatic N) is 2. The molecule has 0 aromatic rings. The van der Waals surface area contributed by atoms with Gasteiger partial charge in [-0.05, 0) is 0 Å². The zero-order valence-electron chi connectivity index (χ0n) is 6.30. The first-order chi connectivity index (χ1) is 6.31. The van der Waals surface area contributed by atoms with Crippen LogP contribution in [0.2, 0.25) is 0 Å². The predicted molar refractivity (Wildman–Crippen MR) is 29.6 cm³/mol. The number of rotatable bonds is 3. The molecule has 0 heterocycles. The molecule has 0 unspecified atom stereocenters. The van der Waals surface area contributed by atoms with Crippen molar-refractivity contribution in [3.8, 4) is 0 Å². The molecule has 0 rings (SSSR count). The van der Waals surface area contributed by atoms with Crippen molar-refractivity contribution >= 4 is 10.1 Å². The lowest BCUT2D eigenvalue weighted by atomic mass is 10.3. The first kappa shape index (κ1) is 13.9. The Kier molecular flexibility index (Phi) is 2.97. The maximum atomic E-state index is 12.1. The fraction of sp³-hybridized carbons (Fsp3) is 1.00. The minimum absolute atomic E-state index is 0.605. The van der Waals surface area contributed by atoms with Gasteiger partial charge in [0.25, 0.3) is 0 Å². The van der Waals surface area contributed by atoms with Crippen molar-refractivity contribution in [3.63, 3.8) is 0 Å². The normalized spacial score (nSPS) is 14.8. The third kappa shape index (κ3) is 1.84. The van der Waals surface area contributed by atoms with E-state index < -0.39 is 27.3 Å². The number of hydrogen-bond acceptors (Lipinski definition) is 4. The van der Waals surface area contributed by atoms with E-state index in [4.69, 9.17) is 5.39 Å². The van der Waals surface area contributed by atoms with E-state index in [1.165, 1.54) is 0 Å². The van der Waals surface area contributed by atoms with Crippen molar-refractivity contribution in [2.24, 2.45) is 0 Å². The summed E-state index contributed by atoms with van der Waals surface area (Å²) in [6.07, 6.45) is 0. The maximum Gasteiger partial charge on any atom is 0.685 e. The van der Waals surface area contributed by atoms with Gasteiger partial charge < -0.3 is 4.55 Å². The minimum Gasteiger partial charge on any atom is -0.743 e. The molecular weight excluding hydrogens is 258 g/mol. The van der Waals surface area contributed by atoms with Crippen LogP contribution in [0.1, 0.15) is 0 Å². The van der Waals surface area contributed by atoms with E-state index in [9.17, 15) is 39.3 Å². The third-order valence-corrected chi connectivity index (χ3v) is 2.07. The van der Waals surface area contributed by atoms with Gasteiger partial charge >= 0.3 is 17.2 Å². The molecule has 0 aliphatic rings. The van der Waals surface area contributed by atoms with Gasteiger partial charge in [0.1, 0.15) is 0 Å². The average Bonchev–Trinajstić information content (AvgIpc) is 2.01. The lowest BCUT2D eigenvalue weighted by Gasteiger charge is -2.25. The molecule has 15 heavy (non-hydrogen) atoms. The van der Waals surface area contributed by atoms with Gasteiger partial charge in [-0.25, -0.2) is 8.42 Å². The van der Waals surface area contributed by atoms with Crippen LogP contribution in [0.5, 0.6) is 0 Å². The Morgan fingerprint density at radius 2 is 1.40 bits per heavy atom. The molecule has 5 nitrogen and oxygen atoms in total. The van der Waals surface area contributed by atoms with Gasteiger partial charge in [0, 0.05) is 0 Å². The SMILES string of the molecule is N#[N+]C(F)(F)C(F)(F)C(F)(F)S(=O)(=O)[O-]. The molecular formula is C3F6N2O3S. The Morgan fingerprint density at radius 3 is 1.60 bits per heavy atom. The number of diazo groups is 1. The van der Waals surface area contributed by atoms with E-state index in [0.29, 0.717) is 4.98 Å². The molecule has 0 fully saturated rings. The van der Waals surface area contributed by atoms with E-state index >= 15 is 0 Å². The highest BCUT2D eigenvalue weighted by Gasteiger charge is 2.85. The zero-order chi connectivity index (χ0) is 12.7. The molecule has 0 bridgehead atoms. The fourth-order valence-corrected chi connectivity index (χ4v) is 0.832. The molecule has 0 saturated heterocycles. The smallest absolute Gasteiger partial charge is 0.685 e. The monoisotopic (exact) mass is 258 g/mol. The second-order valence-electron chi connectivity index (χ2n) is 2.19. The van der Waals surface area contributed by atoms with E-state index in [-0.39, 0.29) is 0 Å². The molecule has 0 aromatic carbocycles. The Hall–Kier alpha value is -1.09. The van der Waals surface area contributed by atoms with Gasteiger partial charge in [-0.3, -0.25) is 0 Å². The topological polar surface area (TPSA) is 85.3 Å². The lowest BCUT2D eigenvalue weighted by molar-refractivity contribution is -0.262. The van der Waals surface area contributed by atoms with Gasteiger partial charge in [0.05, 0.1) is 0 Å². The van der Waals surface area contributed by atoms with Crippen LogP contribution in [0, 0.1) is 5.39 Å². The highest BCUT2D eigenvalue weighted by molar-refractivity contribution is 7.86. The minimum atomic E-state index is -7.04. The largest absolute Gasteiger partial charge is 0.743 e. The second kappa shape index (κ2) is 3.20. The van der Waals surface area contributed by atoms with Crippen molar-refractivity contribution in [3.05, 3.63) is 4.98 Å². The summed E-state index contributed by atoms with van der Waals surface area (Å²) in [7, 11) is -7.04. The summed E-state index contributed by atoms with van der Waals surface area (Å²) in [5.74, 6) is -6.66. The van der Waals surface area contributed by atoms with Gasteiger partial charge in [-0.1, -0.05) is 0 Å². The summed E-state index contributed by atoms with van der Waals surface area (Å²) in [4.78, 5) is 0.605. The second-order valence-corrected chi connectivity index (χ2v) is 3.61. The van der Waals surface area contributed by atoms with Gasteiger partial charge in [-0.15, -0.1) is 8.78 Å². The van der Waals surface area contributed by atoms with Crippen LogP contribution in [0.25, 0.3) is 4.98 Å². The number of halogens is 6. The quantitative estimate of drug-likeness (QED) is 0.329. The van der Waals surface area contributed by atoms with Gasteiger partial charge in [-0.2, -0.15) is 17.6 Å². The molecule has 0 amide bonds. The molecule has 0 aliphatic carbocycles. The molecule has 12 heteroatoms. The first-order valence-corrected chi connectivity index (χ1v) is 4.17. The molecule has 0 aliphatic heterocycles. The molecule has 0 aromatic heterocycles. The van der Waals surface area contributed by atoms with Crippen LogP contribution < -0.4 is 0 Å². The number of alkyl halides is 6. The molecule has 0 spiro atoms. The molecule has 0 saturated carbocycles. The van der Waals surface area contributed by atoms with Crippen LogP contribution in [0.15, 0.2) is 0 Å². The van der Waals surface area contributed by atoms with Crippen molar-refractivity contribution in [1.82, 2.24) is 0 Å². The Balaban J connectivity index is 5.73. The van der Waals surface area contributed by atoms with E-state index in [0.717, 1.165) is 0 Å². The number of hydrogen-bond donors (Lipinski definition) is 0. The molecule has 0 N–H and O–H groups in total. The van der Waals surface area contributed by atoms with Crippen molar-refractivity contribution in [2.45, 2.75) is 17.2 Å². The van der Waals surface area contributed by atoms with Crippen LogP contribution in [-0.2, 0) is 10.1 Å². The summed E-state index contributed by atoms with van der Waals surface area (Å²) in [5, 5.41) is 0.722. The third-order valence-electron chi connectivity index (χ3n) is 1.18. The Morgan fingerprint density at radius 1 is 1.07 bits per heavy atom. The van der Waals surface area contributed by atoms with E-state index in [1.54, 1.807) is 0 Å². The van der Waals surface area contributed by atoms with Crippen molar-refractivity contribution in [1.29, 1.82) is 5.39 Å². The Bertz CT molecular complexity index is 396.